The zero-order chi connectivity index (χ0) is 16.7. The molecule has 0 saturated carbocycles. The second kappa shape index (κ2) is 5.53. The highest BCUT2D eigenvalue weighted by atomic mass is 16.5. The number of carbonyl (C=O) groups is 2. The molecule has 4 rings (SSSR count). The van der Waals surface area contributed by atoms with Crippen molar-refractivity contribution in [2.24, 2.45) is 0 Å². The highest BCUT2D eigenvalue weighted by molar-refractivity contribution is 6.23. The van der Waals surface area contributed by atoms with E-state index in [0.29, 0.717) is 11.4 Å². The summed E-state index contributed by atoms with van der Waals surface area (Å²) in [5.41, 5.74) is 2.42. The first kappa shape index (κ1) is 14.5. The summed E-state index contributed by atoms with van der Waals surface area (Å²) < 4.78 is 5.12. The Morgan fingerprint density at radius 3 is 2.58 bits per heavy atom. The van der Waals surface area contributed by atoms with Gasteiger partial charge in [-0.25, -0.2) is 0 Å². The molecule has 0 aliphatic carbocycles. The molecule has 120 valence electrons. The highest BCUT2D eigenvalue weighted by Gasteiger charge is 2.41. The molecule has 1 aliphatic rings. The van der Waals surface area contributed by atoms with Crippen LogP contribution in [-0.4, -0.2) is 23.9 Å². The predicted molar refractivity (Wildman–Crippen MR) is 91.1 cm³/mol. The van der Waals surface area contributed by atoms with Crippen LogP contribution in [0.25, 0.3) is 10.9 Å². The molecule has 1 aromatic heterocycles. The zero-order valence-corrected chi connectivity index (χ0v) is 13.2. The standard InChI is InChI=1S/C19H16N2O3/c1-24-13-8-6-12(7-9-13)21-18(22)10-15(19(21)23)16-11-20-17-5-3-2-4-14(16)17/h2-9,11,15,20H,10H2,1H3/t15-/m1/s1. The molecular weight excluding hydrogens is 304 g/mol. The van der Waals surface area contributed by atoms with Crippen LogP contribution in [0.4, 0.5) is 5.69 Å². The molecule has 1 N–H and O–H groups in total. The topological polar surface area (TPSA) is 62.4 Å². The van der Waals surface area contributed by atoms with Crippen LogP contribution in [0.3, 0.4) is 0 Å². The molecule has 2 aromatic carbocycles. The second-order valence-electron chi connectivity index (χ2n) is 5.81. The van der Waals surface area contributed by atoms with E-state index in [9.17, 15) is 9.59 Å². The largest absolute Gasteiger partial charge is 0.497 e. The number of aromatic amines is 1. The van der Waals surface area contributed by atoms with Gasteiger partial charge in [-0.2, -0.15) is 0 Å². The number of imide groups is 1. The van der Waals surface area contributed by atoms with Gasteiger partial charge in [-0.15, -0.1) is 0 Å². The average Bonchev–Trinajstić information content (AvgIpc) is 3.16. The van der Waals surface area contributed by atoms with Crippen LogP contribution in [0.5, 0.6) is 5.75 Å². The number of H-pyrrole nitrogens is 1. The number of hydrogen-bond donors (Lipinski definition) is 1. The minimum absolute atomic E-state index is 0.180. The minimum atomic E-state index is -0.448. The maximum atomic E-state index is 12.9. The smallest absolute Gasteiger partial charge is 0.241 e. The number of hydrogen-bond acceptors (Lipinski definition) is 3. The van der Waals surface area contributed by atoms with E-state index in [-0.39, 0.29) is 18.2 Å². The molecule has 3 aromatic rings. The fourth-order valence-corrected chi connectivity index (χ4v) is 3.26. The normalized spacial score (nSPS) is 17.7. The summed E-state index contributed by atoms with van der Waals surface area (Å²) in [6.07, 6.45) is 2.02. The molecule has 2 amide bonds. The Labute approximate surface area is 138 Å². The molecule has 1 fully saturated rings. The monoisotopic (exact) mass is 320 g/mol. The molecule has 24 heavy (non-hydrogen) atoms. The van der Waals surface area contributed by atoms with Gasteiger partial charge >= 0.3 is 0 Å². The van der Waals surface area contributed by atoms with Crippen molar-refractivity contribution in [3.8, 4) is 5.75 Å². The summed E-state index contributed by atoms with van der Waals surface area (Å²) >= 11 is 0. The quantitative estimate of drug-likeness (QED) is 0.754. The van der Waals surface area contributed by atoms with Gasteiger partial charge in [0.25, 0.3) is 0 Å². The summed E-state index contributed by atoms with van der Waals surface area (Å²) in [6.45, 7) is 0. The number of fused-ring (bicyclic) bond motifs is 1. The first-order valence-electron chi connectivity index (χ1n) is 7.76. The molecule has 0 spiro atoms. The summed E-state index contributed by atoms with van der Waals surface area (Å²) in [5, 5.41) is 0.986. The molecule has 5 nitrogen and oxygen atoms in total. The molecule has 0 unspecified atom stereocenters. The summed E-state index contributed by atoms with van der Waals surface area (Å²) in [6, 6.07) is 14.7. The Balaban J connectivity index is 1.70. The first-order valence-corrected chi connectivity index (χ1v) is 7.76. The number of ether oxygens (including phenoxy) is 1. The SMILES string of the molecule is COc1ccc(N2C(=O)C[C@H](c3c[nH]c4ccccc34)C2=O)cc1. The number of nitrogens with zero attached hydrogens (tertiary/aromatic N) is 1. The molecule has 0 radical (unpaired) electrons. The molecule has 5 heteroatoms. The molecular formula is C19H16N2O3. The fourth-order valence-electron chi connectivity index (χ4n) is 3.26. The van der Waals surface area contributed by atoms with E-state index in [2.05, 4.69) is 4.98 Å². The van der Waals surface area contributed by atoms with Crippen LogP contribution in [0, 0.1) is 0 Å². The Kier molecular flexibility index (Phi) is 3.34. The Morgan fingerprint density at radius 2 is 1.83 bits per heavy atom. The third kappa shape index (κ3) is 2.17. The number of para-hydroxylation sites is 1. The van der Waals surface area contributed by atoms with Crippen molar-refractivity contribution >= 4 is 28.4 Å². The van der Waals surface area contributed by atoms with Gasteiger partial charge in [-0.05, 0) is 35.9 Å². The van der Waals surface area contributed by atoms with Crippen molar-refractivity contribution in [3.63, 3.8) is 0 Å². The van der Waals surface area contributed by atoms with Crippen LogP contribution in [-0.2, 0) is 9.59 Å². The first-order chi connectivity index (χ1) is 11.7. The minimum Gasteiger partial charge on any atom is -0.497 e. The Hall–Kier alpha value is -3.08. The molecule has 1 atom stereocenters. The van der Waals surface area contributed by atoms with E-state index >= 15 is 0 Å². The van der Waals surface area contributed by atoms with Crippen molar-refractivity contribution in [2.45, 2.75) is 12.3 Å². The fraction of sp³-hybridized carbons (Fsp3) is 0.158. The summed E-state index contributed by atoms with van der Waals surface area (Å²) in [4.78, 5) is 29.8. The highest BCUT2D eigenvalue weighted by Crippen LogP contribution is 2.36. The van der Waals surface area contributed by atoms with Crippen LogP contribution < -0.4 is 9.64 Å². The number of rotatable bonds is 3. The van der Waals surface area contributed by atoms with Gasteiger partial charge in [0.2, 0.25) is 11.8 Å². The van der Waals surface area contributed by atoms with Gasteiger partial charge in [0.05, 0.1) is 18.7 Å². The zero-order valence-electron chi connectivity index (χ0n) is 13.2. The van der Waals surface area contributed by atoms with E-state index in [1.165, 1.54) is 4.90 Å². The lowest BCUT2D eigenvalue weighted by Gasteiger charge is -2.15. The van der Waals surface area contributed by atoms with E-state index in [4.69, 9.17) is 4.74 Å². The summed E-state index contributed by atoms with van der Waals surface area (Å²) in [7, 11) is 1.58. The lowest BCUT2D eigenvalue weighted by molar-refractivity contribution is -0.121. The van der Waals surface area contributed by atoms with Crippen molar-refractivity contribution in [3.05, 3.63) is 60.3 Å². The van der Waals surface area contributed by atoms with E-state index in [1.54, 1.807) is 31.4 Å². The molecule has 1 saturated heterocycles. The third-order valence-electron chi connectivity index (χ3n) is 4.47. The number of benzene rings is 2. The molecule has 0 bridgehead atoms. The van der Waals surface area contributed by atoms with Crippen LogP contribution >= 0.6 is 0 Å². The van der Waals surface area contributed by atoms with Crippen LogP contribution in [0.2, 0.25) is 0 Å². The molecule has 1 aliphatic heterocycles. The number of nitrogens with one attached hydrogen (secondary N) is 1. The maximum Gasteiger partial charge on any atom is 0.241 e. The van der Waals surface area contributed by atoms with Gasteiger partial charge in [0.15, 0.2) is 0 Å². The lowest BCUT2D eigenvalue weighted by atomic mass is 9.97. The van der Waals surface area contributed by atoms with E-state index < -0.39 is 5.92 Å². The average molecular weight is 320 g/mol. The Morgan fingerprint density at radius 1 is 1.08 bits per heavy atom. The Bertz CT molecular complexity index is 927. The number of methoxy groups -OCH3 is 1. The van der Waals surface area contributed by atoms with Crippen molar-refractivity contribution in [1.82, 2.24) is 4.98 Å². The van der Waals surface area contributed by atoms with E-state index in [0.717, 1.165) is 16.5 Å². The molecule has 2 heterocycles. The number of anilines is 1. The van der Waals surface area contributed by atoms with Gasteiger partial charge < -0.3 is 9.72 Å². The summed E-state index contributed by atoms with van der Waals surface area (Å²) in [5.74, 6) is -0.128. The maximum absolute atomic E-state index is 12.9. The van der Waals surface area contributed by atoms with Gasteiger partial charge in [-0.3, -0.25) is 14.5 Å². The van der Waals surface area contributed by atoms with Crippen molar-refractivity contribution in [2.75, 3.05) is 12.0 Å². The predicted octanol–water partition coefficient (Wildman–Crippen LogP) is 3.22. The lowest BCUT2D eigenvalue weighted by Crippen LogP contribution is -2.29. The number of aromatic nitrogens is 1. The van der Waals surface area contributed by atoms with Crippen LogP contribution in [0.1, 0.15) is 17.9 Å². The third-order valence-corrected chi connectivity index (χ3v) is 4.47. The number of amides is 2. The van der Waals surface area contributed by atoms with Gasteiger partial charge in [0, 0.05) is 23.5 Å². The van der Waals surface area contributed by atoms with E-state index in [1.807, 2.05) is 30.5 Å². The van der Waals surface area contributed by atoms with Crippen molar-refractivity contribution in [1.29, 1.82) is 0 Å². The van der Waals surface area contributed by atoms with Crippen LogP contribution in [0.15, 0.2) is 54.7 Å². The van der Waals surface area contributed by atoms with Gasteiger partial charge in [0.1, 0.15) is 5.75 Å². The van der Waals surface area contributed by atoms with Crippen molar-refractivity contribution < 1.29 is 14.3 Å². The van der Waals surface area contributed by atoms with Gasteiger partial charge in [-0.1, -0.05) is 18.2 Å². The second-order valence-corrected chi connectivity index (χ2v) is 5.81. The number of carbonyl (C=O) groups excluding carboxylic acids is 2.